The number of halogens is 3. The van der Waals surface area contributed by atoms with Crippen LogP contribution < -0.4 is 10.6 Å². The van der Waals surface area contributed by atoms with E-state index >= 15 is 0 Å². The zero-order valence-corrected chi connectivity index (χ0v) is 14.5. The van der Waals surface area contributed by atoms with Crippen LogP contribution in [0.4, 0.5) is 13.2 Å². The minimum absolute atomic E-state index is 0.284. The average Bonchev–Trinajstić information content (AvgIpc) is 3.09. The molecule has 0 unspecified atom stereocenters. The second kappa shape index (κ2) is 9.14. The summed E-state index contributed by atoms with van der Waals surface area (Å²) in [6, 6.07) is 8.96. The Hall–Kier alpha value is -2.46. The van der Waals surface area contributed by atoms with Gasteiger partial charge in [0.25, 0.3) is 0 Å². The Morgan fingerprint density at radius 3 is 2.72 bits per heavy atom. The summed E-state index contributed by atoms with van der Waals surface area (Å²) < 4.78 is 38.0. The maximum Gasteiger partial charge on any atom is 0.416 e. The molecule has 1 aromatic heterocycles. The summed E-state index contributed by atoms with van der Waals surface area (Å²) in [5.41, 5.74) is -0.366. The Labute approximate surface area is 149 Å². The fourth-order valence-corrected chi connectivity index (χ4v) is 2.58. The van der Waals surface area contributed by atoms with Crippen LogP contribution in [0.5, 0.6) is 0 Å². The van der Waals surface area contributed by atoms with Crippen LogP contribution in [0.2, 0.25) is 0 Å². The van der Waals surface area contributed by atoms with Crippen LogP contribution in [0.15, 0.2) is 46.8 Å². The first-order valence-corrected chi connectivity index (χ1v) is 8.57. The van der Waals surface area contributed by atoms with Crippen LogP contribution in [0, 0.1) is 11.8 Å². The molecule has 0 saturated heterocycles. The lowest BCUT2D eigenvalue weighted by molar-refractivity contribution is -0.137. The summed E-state index contributed by atoms with van der Waals surface area (Å²) in [5, 5.41) is 8.14. The number of nitrogens with zero attached hydrogens (tertiary/aromatic N) is 1. The van der Waals surface area contributed by atoms with Crippen molar-refractivity contribution < 1.29 is 13.2 Å². The summed E-state index contributed by atoms with van der Waals surface area (Å²) in [5.74, 6) is 6.17. The molecule has 0 radical (unpaired) electrons. The molecule has 0 bridgehead atoms. The molecule has 25 heavy (non-hydrogen) atoms. The van der Waals surface area contributed by atoms with Gasteiger partial charge in [-0.15, -0.1) is 11.3 Å². The number of nitrogens with one attached hydrogen (secondary N) is 2. The van der Waals surface area contributed by atoms with Gasteiger partial charge in [-0.3, -0.25) is 0 Å². The largest absolute Gasteiger partial charge is 0.416 e. The van der Waals surface area contributed by atoms with Gasteiger partial charge in [0, 0.05) is 17.0 Å². The van der Waals surface area contributed by atoms with Gasteiger partial charge in [0.2, 0.25) is 0 Å². The van der Waals surface area contributed by atoms with Crippen molar-refractivity contribution in [1.82, 2.24) is 10.6 Å². The molecular weight excluding hydrogens is 347 g/mol. The molecular formula is C18H18F3N3S. The van der Waals surface area contributed by atoms with E-state index in [1.54, 1.807) is 17.4 Å². The molecule has 2 aromatic rings. The third kappa shape index (κ3) is 6.51. The molecule has 0 amide bonds. The lowest BCUT2D eigenvalue weighted by atomic mass is 10.1. The fraction of sp³-hybridized carbons (Fsp3) is 0.278. The van der Waals surface area contributed by atoms with Crippen LogP contribution in [-0.2, 0) is 12.7 Å². The molecule has 1 aromatic carbocycles. The third-order valence-electron chi connectivity index (χ3n) is 3.08. The van der Waals surface area contributed by atoms with Crippen molar-refractivity contribution in [3.8, 4) is 11.8 Å². The van der Waals surface area contributed by atoms with Crippen LogP contribution in [0.25, 0.3) is 0 Å². The second-order valence-corrected chi connectivity index (χ2v) is 6.04. The summed E-state index contributed by atoms with van der Waals surface area (Å²) in [4.78, 5) is 5.58. The van der Waals surface area contributed by atoms with Gasteiger partial charge in [0.15, 0.2) is 5.96 Å². The summed E-state index contributed by atoms with van der Waals surface area (Å²) in [6.45, 7) is 3.51. The lowest BCUT2D eigenvalue weighted by Crippen LogP contribution is -2.37. The summed E-state index contributed by atoms with van der Waals surface area (Å²) in [6.07, 6.45) is -4.36. The van der Waals surface area contributed by atoms with Crippen molar-refractivity contribution in [3.63, 3.8) is 0 Å². The number of guanidine groups is 1. The van der Waals surface area contributed by atoms with Crippen LogP contribution in [0.1, 0.15) is 22.9 Å². The summed E-state index contributed by atoms with van der Waals surface area (Å²) in [7, 11) is 0. The Morgan fingerprint density at radius 1 is 1.20 bits per heavy atom. The van der Waals surface area contributed by atoms with Gasteiger partial charge in [0.05, 0.1) is 18.7 Å². The maximum absolute atomic E-state index is 12.7. The van der Waals surface area contributed by atoms with Crippen molar-refractivity contribution in [1.29, 1.82) is 0 Å². The van der Waals surface area contributed by atoms with E-state index in [0.29, 0.717) is 24.6 Å². The highest BCUT2D eigenvalue weighted by atomic mass is 32.1. The van der Waals surface area contributed by atoms with Crippen molar-refractivity contribution in [2.75, 3.05) is 13.1 Å². The van der Waals surface area contributed by atoms with E-state index < -0.39 is 11.7 Å². The van der Waals surface area contributed by atoms with Gasteiger partial charge in [-0.05, 0) is 36.6 Å². The molecule has 2 rings (SSSR count). The Morgan fingerprint density at radius 2 is 2.04 bits per heavy atom. The Kier molecular flexibility index (Phi) is 6.90. The zero-order chi connectivity index (χ0) is 18.1. The second-order valence-electron chi connectivity index (χ2n) is 5.01. The molecule has 0 aliphatic carbocycles. The van der Waals surface area contributed by atoms with Crippen molar-refractivity contribution in [3.05, 3.63) is 57.8 Å². The maximum atomic E-state index is 12.7. The number of aliphatic imine (C=N–C) groups is 1. The monoisotopic (exact) mass is 365 g/mol. The van der Waals surface area contributed by atoms with E-state index in [1.807, 2.05) is 24.4 Å². The number of hydrogen-bond donors (Lipinski definition) is 2. The molecule has 0 spiro atoms. The van der Waals surface area contributed by atoms with E-state index in [0.717, 1.165) is 17.0 Å². The molecule has 3 nitrogen and oxygen atoms in total. The zero-order valence-electron chi connectivity index (χ0n) is 13.7. The molecule has 7 heteroatoms. The van der Waals surface area contributed by atoms with Crippen LogP contribution in [-0.4, -0.2) is 19.0 Å². The van der Waals surface area contributed by atoms with Gasteiger partial charge < -0.3 is 10.6 Å². The number of thiophene rings is 1. The normalized spacial score (nSPS) is 11.6. The summed E-state index contributed by atoms with van der Waals surface area (Å²) >= 11 is 1.63. The molecule has 1 heterocycles. The highest BCUT2D eigenvalue weighted by molar-refractivity contribution is 7.09. The number of alkyl halides is 3. The van der Waals surface area contributed by atoms with Crippen LogP contribution in [0.3, 0.4) is 0 Å². The third-order valence-corrected chi connectivity index (χ3v) is 3.95. The SMILES string of the molecule is CCNC(=NCc1cccs1)NCC#Cc1cccc(C(F)(F)F)c1. The average molecular weight is 365 g/mol. The standard InChI is InChI=1S/C18H18F3N3S/c1-2-22-17(24-13-16-9-5-11-25-16)23-10-4-7-14-6-3-8-15(12-14)18(19,20)21/h3,5-6,8-9,11-12H,2,10,13H2,1H3,(H2,22,23,24). The van der Waals surface area contributed by atoms with E-state index in [9.17, 15) is 13.2 Å². The molecule has 0 atom stereocenters. The molecule has 0 saturated carbocycles. The topological polar surface area (TPSA) is 36.4 Å². The molecule has 2 N–H and O–H groups in total. The number of rotatable bonds is 4. The van der Waals surface area contributed by atoms with E-state index in [4.69, 9.17) is 0 Å². The van der Waals surface area contributed by atoms with Gasteiger partial charge in [-0.1, -0.05) is 24.0 Å². The highest BCUT2D eigenvalue weighted by Crippen LogP contribution is 2.29. The fourth-order valence-electron chi connectivity index (χ4n) is 1.95. The minimum Gasteiger partial charge on any atom is -0.357 e. The Bertz CT molecular complexity index is 756. The minimum atomic E-state index is -4.36. The number of benzene rings is 1. The molecule has 132 valence electrons. The van der Waals surface area contributed by atoms with Crippen molar-refractivity contribution in [2.24, 2.45) is 4.99 Å². The predicted molar refractivity (Wildman–Crippen MR) is 95.5 cm³/mol. The predicted octanol–water partition coefficient (Wildman–Crippen LogP) is 3.87. The molecule has 0 aliphatic heterocycles. The quantitative estimate of drug-likeness (QED) is 0.490. The van der Waals surface area contributed by atoms with E-state index in [-0.39, 0.29) is 6.54 Å². The van der Waals surface area contributed by atoms with Gasteiger partial charge in [0.1, 0.15) is 0 Å². The first-order chi connectivity index (χ1) is 12.0. The van der Waals surface area contributed by atoms with Crippen molar-refractivity contribution >= 4 is 17.3 Å². The van der Waals surface area contributed by atoms with Crippen LogP contribution >= 0.6 is 11.3 Å². The molecule has 0 fully saturated rings. The Balaban J connectivity index is 1.94. The smallest absolute Gasteiger partial charge is 0.357 e. The number of hydrogen-bond acceptors (Lipinski definition) is 2. The van der Waals surface area contributed by atoms with Gasteiger partial charge in [-0.25, -0.2) is 4.99 Å². The van der Waals surface area contributed by atoms with Gasteiger partial charge in [-0.2, -0.15) is 13.2 Å². The highest BCUT2D eigenvalue weighted by Gasteiger charge is 2.30. The lowest BCUT2D eigenvalue weighted by Gasteiger charge is -2.08. The van der Waals surface area contributed by atoms with E-state index in [2.05, 4.69) is 27.5 Å². The first-order valence-electron chi connectivity index (χ1n) is 7.69. The molecule has 0 aliphatic rings. The van der Waals surface area contributed by atoms with Crippen molar-refractivity contribution in [2.45, 2.75) is 19.6 Å². The van der Waals surface area contributed by atoms with Gasteiger partial charge >= 0.3 is 6.18 Å². The first kappa shape index (κ1) is 18.9. The van der Waals surface area contributed by atoms with E-state index in [1.165, 1.54) is 6.07 Å².